The van der Waals surface area contributed by atoms with Gasteiger partial charge in [-0.2, -0.15) is 0 Å². The molecule has 0 saturated carbocycles. The SMILES string of the molecule is CC(C)CC(=O)Nc1ncc(-c2ccc(N)cc2)nc1/C=C/c1ccccc1. The van der Waals surface area contributed by atoms with Gasteiger partial charge in [0.25, 0.3) is 0 Å². The van der Waals surface area contributed by atoms with Crippen LogP contribution in [-0.2, 0) is 4.79 Å². The summed E-state index contributed by atoms with van der Waals surface area (Å²) in [6.07, 6.45) is 5.92. The van der Waals surface area contributed by atoms with Crippen molar-refractivity contribution in [3.63, 3.8) is 0 Å². The number of carbonyl (C=O) groups excluding carboxylic acids is 1. The molecule has 28 heavy (non-hydrogen) atoms. The number of nitrogen functional groups attached to an aromatic ring is 1. The number of nitrogens with one attached hydrogen (secondary N) is 1. The molecule has 1 heterocycles. The van der Waals surface area contributed by atoms with E-state index in [1.165, 1.54) is 0 Å². The lowest BCUT2D eigenvalue weighted by Crippen LogP contribution is -2.16. The Morgan fingerprint density at radius 1 is 1.07 bits per heavy atom. The van der Waals surface area contributed by atoms with Crippen molar-refractivity contribution in [2.24, 2.45) is 5.92 Å². The molecule has 0 bridgehead atoms. The average Bonchev–Trinajstić information content (AvgIpc) is 2.68. The van der Waals surface area contributed by atoms with Gasteiger partial charge in [0, 0.05) is 17.7 Å². The van der Waals surface area contributed by atoms with Crippen molar-refractivity contribution in [1.29, 1.82) is 0 Å². The van der Waals surface area contributed by atoms with Crippen LogP contribution in [0, 0.1) is 5.92 Å². The quantitative estimate of drug-likeness (QED) is 0.604. The van der Waals surface area contributed by atoms with E-state index in [4.69, 9.17) is 10.7 Å². The van der Waals surface area contributed by atoms with Gasteiger partial charge in [0.15, 0.2) is 5.82 Å². The average molecular weight is 372 g/mol. The second-order valence-electron chi connectivity index (χ2n) is 7.00. The second kappa shape index (κ2) is 8.95. The first-order valence-corrected chi connectivity index (χ1v) is 9.27. The molecule has 0 spiro atoms. The van der Waals surface area contributed by atoms with Crippen molar-refractivity contribution in [2.75, 3.05) is 11.1 Å². The maximum Gasteiger partial charge on any atom is 0.225 e. The Balaban J connectivity index is 1.95. The highest BCUT2D eigenvalue weighted by Crippen LogP contribution is 2.22. The van der Waals surface area contributed by atoms with Gasteiger partial charge in [-0.3, -0.25) is 4.79 Å². The molecule has 3 aromatic rings. The molecule has 0 aliphatic heterocycles. The van der Waals surface area contributed by atoms with Gasteiger partial charge in [-0.15, -0.1) is 0 Å². The molecule has 3 rings (SSSR count). The first-order chi connectivity index (χ1) is 13.5. The van der Waals surface area contributed by atoms with Gasteiger partial charge in [-0.1, -0.05) is 62.4 Å². The van der Waals surface area contributed by atoms with E-state index in [1.807, 2.05) is 80.6 Å². The Morgan fingerprint density at radius 3 is 2.46 bits per heavy atom. The van der Waals surface area contributed by atoms with Crippen LogP contribution >= 0.6 is 0 Å². The van der Waals surface area contributed by atoms with Gasteiger partial charge < -0.3 is 11.1 Å². The molecule has 2 aromatic carbocycles. The Bertz CT molecular complexity index is 964. The summed E-state index contributed by atoms with van der Waals surface area (Å²) in [5.41, 5.74) is 9.74. The lowest BCUT2D eigenvalue weighted by Gasteiger charge is -2.10. The normalized spacial score (nSPS) is 11.1. The minimum atomic E-state index is -0.0705. The van der Waals surface area contributed by atoms with Crippen molar-refractivity contribution < 1.29 is 4.79 Å². The molecule has 5 nitrogen and oxygen atoms in total. The highest BCUT2D eigenvalue weighted by Gasteiger charge is 2.11. The number of hydrogen-bond acceptors (Lipinski definition) is 4. The third-order valence-corrected chi connectivity index (χ3v) is 4.09. The zero-order valence-electron chi connectivity index (χ0n) is 16.1. The van der Waals surface area contributed by atoms with E-state index in [1.54, 1.807) is 6.20 Å². The molecule has 0 aliphatic carbocycles. The Labute approximate surface area is 165 Å². The molecule has 0 aliphatic rings. The number of anilines is 2. The van der Waals surface area contributed by atoms with Crippen LogP contribution in [0.3, 0.4) is 0 Å². The molecule has 1 aromatic heterocycles. The van der Waals surface area contributed by atoms with Crippen LogP contribution in [0.5, 0.6) is 0 Å². The standard InChI is InChI=1S/C23H24N4O/c1-16(2)14-22(28)27-23-20(13-8-17-6-4-3-5-7-17)26-21(15-25-23)18-9-11-19(24)12-10-18/h3-13,15-16H,14,24H2,1-2H3,(H,25,27,28)/b13-8+. The van der Waals surface area contributed by atoms with Gasteiger partial charge >= 0.3 is 0 Å². The van der Waals surface area contributed by atoms with E-state index in [9.17, 15) is 4.79 Å². The molecule has 0 saturated heterocycles. The maximum atomic E-state index is 12.2. The molecule has 142 valence electrons. The maximum absolute atomic E-state index is 12.2. The van der Waals surface area contributed by atoms with Gasteiger partial charge in [-0.25, -0.2) is 9.97 Å². The van der Waals surface area contributed by atoms with Crippen LogP contribution < -0.4 is 11.1 Å². The Kier molecular flexibility index (Phi) is 6.17. The Morgan fingerprint density at radius 2 is 1.79 bits per heavy atom. The molecule has 0 unspecified atom stereocenters. The third kappa shape index (κ3) is 5.27. The molecule has 1 amide bonds. The van der Waals surface area contributed by atoms with Crippen LogP contribution in [-0.4, -0.2) is 15.9 Å². The van der Waals surface area contributed by atoms with Gasteiger partial charge in [0.2, 0.25) is 5.91 Å². The van der Waals surface area contributed by atoms with Gasteiger partial charge in [0.1, 0.15) is 5.69 Å². The lowest BCUT2D eigenvalue weighted by molar-refractivity contribution is -0.116. The number of nitrogens with two attached hydrogens (primary N) is 1. The fourth-order valence-electron chi connectivity index (χ4n) is 2.70. The molecule has 0 fully saturated rings. The molecule has 5 heteroatoms. The summed E-state index contributed by atoms with van der Waals surface area (Å²) in [5, 5.41) is 2.88. The summed E-state index contributed by atoms with van der Waals surface area (Å²) in [6, 6.07) is 17.4. The first kappa shape index (κ1) is 19.3. The van der Waals surface area contributed by atoms with Crippen molar-refractivity contribution in [3.05, 3.63) is 72.1 Å². The summed E-state index contributed by atoms with van der Waals surface area (Å²) >= 11 is 0. The minimum absolute atomic E-state index is 0.0705. The van der Waals surface area contributed by atoms with E-state index in [0.717, 1.165) is 16.8 Å². The second-order valence-corrected chi connectivity index (χ2v) is 7.00. The molecule has 0 radical (unpaired) electrons. The lowest BCUT2D eigenvalue weighted by atomic mass is 10.1. The molecular weight excluding hydrogens is 348 g/mol. The first-order valence-electron chi connectivity index (χ1n) is 9.27. The van der Waals surface area contributed by atoms with Crippen molar-refractivity contribution in [2.45, 2.75) is 20.3 Å². The fourth-order valence-corrected chi connectivity index (χ4v) is 2.70. The zero-order chi connectivity index (χ0) is 19.9. The summed E-state index contributed by atoms with van der Waals surface area (Å²) in [5.74, 6) is 0.654. The highest BCUT2D eigenvalue weighted by atomic mass is 16.1. The summed E-state index contributed by atoms with van der Waals surface area (Å²) in [6.45, 7) is 4.01. The summed E-state index contributed by atoms with van der Waals surface area (Å²) in [4.78, 5) is 21.4. The zero-order valence-corrected chi connectivity index (χ0v) is 16.1. The number of nitrogens with zero attached hydrogens (tertiary/aromatic N) is 2. The van der Waals surface area contributed by atoms with Crippen LogP contribution in [0.4, 0.5) is 11.5 Å². The van der Waals surface area contributed by atoms with Crippen molar-refractivity contribution in [3.8, 4) is 11.3 Å². The van der Waals surface area contributed by atoms with Crippen molar-refractivity contribution >= 4 is 29.6 Å². The van der Waals surface area contributed by atoms with E-state index in [0.29, 0.717) is 23.6 Å². The van der Waals surface area contributed by atoms with E-state index in [-0.39, 0.29) is 11.8 Å². The molecule has 0 atom stereocenters. The molecular formula is C23H24N4O. The van der Waals surface area contributed by atoms with E-state index < -0.39 is 0 Å². The monoisotopic (exact) mass is 372 g/mol. The summed E-state index contributed by atoms with van der Waals surface area (Å²) < 4.78 is 0. The Hall–Kier alpha value is -3.47. The summed E-state index contributed by atoms with van der Waals surface area (Å²) in [7, 11) is 0. The number of carbonyl (C=O) groups is 1. The van der Waals surface area contributed by atoms with Crippen LogP contribution in [0.2, 0.25) is 0 Å². The number of amides is 1. The van der Waals surface area contributed by atoms with Crippen LogP contribution in [0.15, 0.2) is 60.8 Å². The van der Waals surface area contributed by atoms with Crippen molar-refractivity contribution in [1.82, 2.24) is 9.97 Å². The molecule has 3 N–H and O–H groups in total. The predicted octanol–water partition coefficient (Wildman–Crippen LogP) is 4.88. The largest absolute Gasteiger partial charge is 0.399 e. The van der Waals surface area contributed by atoms with E-state index >= 15 is 0 Å². The minimum Gasteiger partial charge on any atom is -0.399 e. The fraction of sp³-hybridized carbons (Fsp3) is 0.174. The number of hydrogen-bond donors (Lipinski definition) is 2. The third-order valence-electron chi connectivity index (χ3n) is 4.09. The van der Waals surface area contributed by atoms with Crippen LogP contribution in [0.25, 0.3) is 23.4 Å². The van der Waals surface area contributed by atoms with Gasteiger partial charge in [0.05, 0.1) is 11.9 Å². The van der Waals surface area contributed by atoms with Gasteiger partial charge in [-0.05, 0) is 29.7 Å². The number of benzene rings is 2. The smallest absolute Gasteiger partial charge is 0.225 e. The number of rotatable bonds is 6. The number of aromatic nitrogens is 2. The van der Waals surface area contributed by atoms with E-state index in [2.05, 4.69) is 10.3 Å². The topological polar surface area (TPSA) is 80.9 Å². The van der Waals surface area contributed by atoms with Crippen LogP contribution in [0.1, 0.15) is 31.5 Å². The predicted molar refractivity (Wildman–Crippen MR) is 115 cm³/mol. The highest BCUT2D eigenvalue weighted by molar-refractivity contribution is 5.92.